The number of Topliss-reactive ketones (excluding diaryl/α,β-unsaturated/α-hetero) is 1. The number of rotatable bonds is 5. The summed E-state index contributed by atoms with van der Waals surface area (Å²) in [5, 5.41) is 7.82. The molecule has 0 saturated carbocycles. The van der Waals surface area contributed by atoms with Crippen molar-refractivity contribution in [3.63, 3.8) is 0 Å². The molecule has 0 radical (unpaired) electrons. The summed E-state index contributed by atoms with van der Waals surface area (Å²) in [5.41, 5.74) is 5.72. The first-order valence-corrected chi connectivity index (χ1v) is 12.2. The number of fused-ring (bicyclic) bond motifs is 1. The van der Waals surface area contributed by atoms with Crippen LogP contribution >= 0.6 is 11.6 Å². The second kappa shape index (κ2) is 9.55. The first kappa shape index (κ1) is 22.5. The van der Waals surface area contributed by atoms with Gasteiger partial charge in [-0.2, -0.15) is 0 Å². The van der Waals surface area contributed by atoms with Crippen molar-refractivity contribution in [1.82, 2.24) is 0 Å². The van der Waals surface area contributed by atoms with Crippen LogP contribution in [-0.2, 0) is 4.79 Å². The monoisotopic (exact) mass is 472 g/mol. The number of allylic oxidation sites excluding steroid dienone is 1. The molecule has 0 amide bonds. The molecule has 3 aromatic carbocycles. The Morgan fingerprint density at radius 2 is 1.65 bits per heavy atom. The molecule has 1 aliphatic carbocycles. The number of carbonyl (C=O) groups excluding carboxylic acids is 1. The molecule has 4 nitrogen and oxygen atoms in total. The minimum absolute atomic E-state index is 0.107. The van der Waals surface area contributed by atoms with Crippen molar-refractivity contribution in [2.24, 2.45) is 5.92 Å². The third-order valence-electron chi connectivity index (χ3n) is 6.46. The molecular formula is C29H29ClN2O2. The molecule has 5 rings (SSSR count). The summed E-state index contributed by atoms with van der Waals surface area (Å²) in [6, 6.07) is 23.7. The van der Waals surface area contributed by atoms with E-state index in [1.165, 1.54) is 0 Å². The predicted octanol–water partition coefficient (Wildman–Crippen LogP) is 7.35. The van der Waals surface area contributed by atoms with E-state index in [0.29, 0.717) is 24.0 Å². The van der Waals surface area contributed by atoms with Crippen LogP contribution in [0.15, 0.2) is 84.1 Å². The van der Waals surface area contributed by atoms with Crippen LogP contribution < -0.4 is 15.4 Å². The fraction of sp³-hybridized carbons (Fsp3) is 0.276. The van der Waals surface area contributed by atoms with Gasteiger partial charge in [-0.25, -0.2) is 0 Å². The fourth-order valence-electron chi connectivity index (χ4n) is 4.77. The van der Waals surface area contributed by atoms with Crippen LogP contribution in [0.5, 0.6) is 5.75 Å². The second-order valence-electron chi connectivity index (χ2n) is 9.46. The molecule has 3 aromatic rings. The SMILES string of the molecule is CC(C)COc1ccc(C2CC(=O)C3=C(C2)Nc2ccccc2NC3c2ccccc2Cl)cc1. The van der Waals surface area contributed by atoms with Crippen LogP contribution in [0.25, 0.3) is 0 Å². The smallest absolute Gasteiger partial charge is 0.163 e. The molecular weight excluding hydrogens is 444 g/mol. The fourth-order valence-corrected chi connectivity index (χ4v) is 5.01. The standard InChI is InChI=1S/C29H29ClN2O2/c1-18(2)17-34-21-13-11-19(12-14-21)20-15-26-28(27(33)16-20)29(22-7-3-4-8-23(22)30)32-25-10-6-5-9-24(25)31-26/h3-14,18,20,29,31-32H,15-17H2,1-2H3. The number of hydrogen-bond acceptors (Lipinski definition) is 4. The Labute approximate surface area is 206 Å². The largest absolute Gasteiger partial charge is 0.493 e. The van der Waals surface area contributed by atoms with Crippen LogP contribution in [0.2, 0.25) is 5.02 Å². The lowest BCUT2D eigenvalue weighted by Crippen LogP contribution is -2.27. The summed E-state index contributed by atoms with van der Waals surface area (Å²) >= 11 is 6.60. The van der Waals surface area contributed by atoms with Crippen LogP contribution in [0, 0.1) is 5.92 Å². The van der Waals surface area contributed by atoms with E-state index in [4.69, 9.17) is 16.3 Å². The zero-order valence-electron chi connectivity index (χ0n) is 19.5. The molecule has 0 saturated heterocycles. The summed E-state index contributed by atoms with van der Waals surface area (Å²) < 4.78 is 5.84. The molecule has 0 aromatic heterocycles. The van der Waals surface area contributed by atoms with Gasteiger partial charge in [-0.3, -0.25) is 4.79 Å². The average molecular weight is 473 g/mol. The van der Waals surface area contributed by atoms with E-state index in [1.54, 1.807) is 0 Å². The molecule has 0 bridgehead atoms. The van der Waals surface area contributed by atoms with Gasteiger partial charge in [0.2, 0.25) is 0 Å². The number of ether oxygens (including phenoxy) is 1. The molecule has 5 heteroatoms. The predicted molar refractivity (Wildman–Crippen MR) is 139 cm³/mol. The number of para-hydroxylation sites is 2. The minimum atomic E-state index is -0.305. The Kier molecular flexibility index (Phi) is 6.34. The van der Waals surface area contributed by atoms with Crippen molar-refractivity contribution < 1.29 is 9.53 Å². The number of hydrogen-bond donors (Lipinski definition) is 2. The number of benzene rings is 3. The van der Waals surface area contributed by atoms with Crippen LogP contribution in [-0.4, -0.2) is 12.4 Å². The average Bonchev–Trinajstić information content (AvgIpc) is 3.00. The molecule has 2 N–H and O–H groups in total. The van der Waals surface area contributed by atoms with Gasteiger partial charge in [0.15, 0.2) is 5.78 Å². The van der Waals surface area contributed by atoms with E-state index in [-0.39, 0.29) is 17.7 Å². The van der Waals surface area contributed by atoms with Gasteiger partial charge in [-0.15, -0.1) is 0 Å². The summed E-state index contributed by atoms with van der Waals surface area (Å²) in [6.45, 7) is 4.96. The van der Waals surface area contributed by atoms with E-state index in [1.807, 2.05) is 60.7 Å². The van der Waals surface area contributed by atoms with E-state index in [0.717, 1.165) is 45.9 Å². The van der Waals surface area contributed by atoms with Gasteiger partial charge in [0.1, 0.15) is 5.75 Å². The van der Waals surface area contributed by atoms with Crippen molar-refractivity contribution in [2.75, 3.05) is 17.2 Å². The first-order chi connectivity index (χ1) is 16.5. The third kappa shape index (κ3) is 4.55. The Balaban J connectivity index is 1.49. The van der Waals surface area contributed by atoms with Crippen molar-refractivity contribution in [1.29, 1.82) is 0 Å². The van der Waals surface area contributed by atoms with Crippen LogP contribution in [0.1, 0.15) is 49.8 Å². The van der Waals surface area contributed by atoms with Crippen LogP contribution in [0.3, 0.4) is 0 Å². The van der Waals surface area contributed by atoms with Crippen LogP contribution in [0.4, 0.5) is 11.4 Å². The minimum Gasteiger partial charge on any atom is -0.493 e. The number of halogens is 1. The molecule has 2 atom stereocenters. The second-order valence-corrected chi connectivity index (χ2v) is 9.87. The topological polar surface area (TPSA) is 50.4 Å². The van der Waals surface area contributed by atoms with E-state index in [2.05, 4.69) is 36.6 Å². The number of nitrogens with one attached hydrogen (secondary N) is 2. The Bertz CT molecular complexity index is 1230. The summed E-state index contributed by atoms with van der Waals surface area (Å²) in [5.74, 6) is 1.59. The molecule has 2 unspecified atom stereocenters. The van der Waals surface area contributed by atoms with Gasteiger partial charge in [-0.05, 0) is 59.7 Å². The lowest BCUT2D eigenvalue weighted by molar-refractivity contribution is -0.116. The van der Waals surface area contributed by atoms with Crippen molar-refractivity contribution in [2.45, 2.75) is 38.6 Å². The van der Waals surface area contributed by atoms with E-state index >= 15 is 0 Å². The van der Waals surface area contributed by atoms with Gasteiger partial charge in [-0.1, -0.05) is 67.9 Å². The number of anilines is 2. The van der Waals surface area contributed by atoms with Gasteiger partial charge in [0, 0.05) is 22.7 Å². The molecule has 0 spiro atoms. The van der Waals surface area contributed by atoms with Gasteiger partial charge in [0.05, 0.1) is 24.0 Å². The zero-order chi connectivity index (χ0) is 23.7. The highest BCUT2D eigenvalue weighted by Crippen LogP contribution is 2.45. The number of carbonyl (C=O) groups is 1. The summed E-state index contributed by atoms with van der Waals surface area (Å²) in [4.78, 5) is 13.6. The van der Waals surface area contributed by atoms with E-state index in [9.17, 15) is 4.79 Å². The first-order valence-electron chi connectivity index (χ1n) is 11.9. The Morgan fingerprint density at radius 3 is 2.38 bits per heavy atom. The molecule has 34 heavy (non-hydrogen) atoms. The van der Waals surface area contributed by atoms with Crippen molar-refractivity contribution in [3.8, 4) is 5.75 Å². The maximum absolute atomic E-state index is 13.6. The van der Waals surface area contributed by atoms with E-state index < -0.39 is 0 Å². The maximum atomic E-state index is 13.6. The lowest BCUT2D eigenvalue weighted by Gasteiger charge is -2.30. The van der Waals surface area contributed by atoms with Gasteiger partial charge >= 0.3 is 0 Å². The quantitative estimate of drug-likeness (QED) is 0.407. The molecule has 174 valence electrons. The maximum Gasteiger partial charge on any atom is 0.163 e. The van der Waals surface area contributed by atoms with Crippen molar-refractivity contribution >= 4 is 28.8 Å². The number of ketones is 1. The zero-order valence-corrected chi connectivity index (χ0v) is 20.2. The normalized spacial score (nSPS) is 19.6. The lowest BCUT2D eigenvalue weighted by atomic mass is 9.78. The summed E-state index contributed by atoms with van der Waals surface area (Å²) in [7, 11) is 0. The molecule has 2 aliphatic rings. The van der Waals surface area contributed by atoms with Gasteiger partial charge < -0.3 is 15.4 Å². The highest BCUT2D eigenvalue weighted by atomic mass is 35.5. The Morgan fingerprint density at radius 1 is 0.941 bits per heavy atom. The molecule has 1 aliphatic heterocycles. The highest BCUT2D eigenvalue weighted by Gasteiger charge is 2.36. The molecule has 1 heterocycles. The molecule has 0 fully saturated rings. The van der Waals surface area contributed by atoms with Crippen molar-refractivity contribution in [3.05, 3.63) is 100 Å². The summed E-state index contributed by atoms with van der Waals surface area (Å²) in [6.07, 6.45) is 1.22. The highest BCUT2D eigenvalue weighted by molar-refractivity contribution is 6.31. The van der Waals surface area contributed by atoms with Gasteiger partial charge in [0.25, 0.3) is 0 Å². The Hall–Kier alpha value is -3.24. The third-order valence-corrected chi connectivity index (χ3v) is 6.80.